The quantitative estimate of drug-likeness (QED) is 0.234. The molecule has 0 spiro atoms. The van der Waals surface area contributed by atoms with Crippen LogP contribution in [0.3, 0.4) is 0 Å². The molecule has 4 unspecified atom stereocenters. The minimum atomic E-state index is -1.48. The van der Waals surface area contributed by atoms with Gasteiger partial charge in [-0.15, -0.1) is 0 Å². The normalized spacial score (nSPS) is 17.5. The molecule has 11 nitrogen and oxygen atoms in total. The van der Waals surface area contributed by atoms with E-state index in [1.807, 2.05) is 30.3 Å². The zero-order chi connectivity index (χ0) is 26.9. The molecule has 3 rings (SSSR count). The highest BCUT2D eigenvalue weighted by Gasteiger charge is 2.39. The van der Waals surface area contributed by atoms with E-state index in [0.29, 0.717) is 12.8 Å². The number of hydrogen-bond donors (Lipinski definition) is 6. The first-order chi connectivity index (χ1) is 17.7. The molecule has 1 aliphatic heterocycles. The molecule has 0 aromatic heterocycles. The van der Waals surface area contributed by atoms with E-state index in [9.17, 15) is 29.4 Å². The van der Waals surface area contributed by atoms with Gasteiger partial charge in [-0.2, -0.15) is 0 Å². The summed E-state index contributed by atoms with van der Waals surface area (Å²) in [6.07, 6.45) is 1.19. The largest absolute Gasteiger partial charge is 0.508 e. The van der Waals surface area contributed by atoms with Gasteiger partial charge in [-0.3, -0.25) is 14.4 Å². The standard InChI is InChI=1S/C26H32N4O7/c27-19(13-17-8-10-18(32)11-9-17)23(33)28-20(14-16-5-2-1-3-6-16)25(35)30-12-4-7-22(30)24(34)29-21(15-31)26(36)37/h1-3,5-6,8-11,19-22,31-32H,4,7,12-15,27H2,(H,28,33)(H,29,34)(H,36,37). The number of aromatic hydroxyl groups is 1. The molecule has 1 fully saturated rings. The number of nitrogens with one attached hydrogen (secondary N) is 2. The highest BCUT2D eigenvalue weighted by atomic mass is 16.4. The van der Waals surface area contributed by atoms with Crippen LogP contribution in [0.15, 0.2) is 54.6 Å². The van der Waals surface area contributed by atoms with E-state index in [0.717, 1.165) is 11.1 Å². The van der Waals surface area contributed by atoms with Crippen molar-refractivity contribution < 1.29 is 34.5 Å². The summed E-state index contributed by atoms with van der Waals surface area (Å²) >= 11 is 0. The summed E-state index contributed by atoms with van der Waals surface area (Å²) in [6, 6.07) is 11.0. The molecular weight excluding hydrogens is 480 g/mol. The van der Waals surface area contributed by atoms with Gasteiger partial charge >= 0.3 is 5.97 Å². The number of rotatable bonds is 11. The predicted octanol–water partition coefficient (Wildman–Crippen LogP) is -0.458. The van der Waals surface area contributed by atoms with E-state index in [1.165, 1.54) is 17.0 Å². The lowest BCUT2D eigenvalue weighted by molar-refractivity contribution is -0.145. The Labute approximate surface area is 214 Å². The van der Waals surface area contributed by atoms with Crippen LogP contribution in [-0.2, 0) is 32.0 Å². The molecule has 1 saturated heterocycles. The van der Waals surface area contributed by atoms with Crippen molar-refractivity contribution in [1.29, 1.82) is 0 Å². The number of nitrogens with two attached hydrogens (primary N) is 1. The maximum Gasteiger partial charge on any atom is 0.328 e. The molecule has 0 saturated carbocycles. The second-order valence-electron chi connectivity index (χ2n) is 9.00. The average molecular weight is 513 g/mol. The first-order valence-electron chi connectivity index (χ1n) is 12.0. The van der Waals surface area contributed by atoms with Crippen LogP contribution in [-0.4, -0.2) is 81.2 Å². The minimum absolute atomic E-state index is 0.0909. The molecule has 11 heteroatoms. The SMILES string of the molecule is NC(Cc1ccc(O)cc1)C(=O)NC(Cc1ccccc1)C(=O)N1CCCC1C(=O)NC(CO)C(=O)O. The Morgan fingerprint density at radius 2 is 1.59 bits per heavy atom. The predicted molar refractivity (Wildman–Crippen MR) is 133 cm³/mol. The molecular formula is C26H32N4O7. The zero-order valence-corrected chi connectivity index (χ0v) is 20.2. The monoisotopic (exact) mass is 512 g/mol. The van der Waals surface area contributed by atoms with Gasteiger partial charge in [0, 0.05) is 13.0 Å². The van der Waals surface area contributed by atoms with Gasteiger partial charge in [-0.25, -0.2) is 4.79 Å². The van der Waals surface area contributed by atoms with Crippen molar-refractivity contribution in [3.8, 4) is 5.75 Å². The highest BCUT2D eigenvalue weighted by Crippen LogP contribution is 2.20. The zero-order valence-electron chi connectivity index (χ0n) is 20.2. The minimum Gasteiger partial charge on any atom is -0.508 e. The number of benzene rings is 2. The van der Waals surface area contributed by atoms with Gasteiger partial charge in [0.2, 0.25) is 17.7 Å². The fourth-order valence-electron chi connectivity index (χ4n) is 4.26. The van der Waals surface area contributed by atoms with Crippen LogP contribution in [0.5, 0.6) is 5.75 Å². The number of aliphatic carboxylic acids is 1. The molecule has 0 aliphatic carbocycles. The van der Waals surface area contributed by atoms with Crippen LogP contribution in [0.1, 0.15) is 24.0 Å². The number of hydrogen-bond acceptors (Lipinski definition) is 7. The van der Waals surface area contributed by atoms with E-state index in [4.69, 9.17) is 10.8 Å². The smallest absolute Gasteiger partial charge is 0.328 e. The van der Waals surface area contributed by atoms with E-state index in [2.05, 4.69) is 10.6 Å². The molecule has 0 radical (unpaired) electrons. The second kappa shape index (κ2) is 12.8. The average Bonchev–Trinajstić information content (AvgIpc) is 3.38. The number of likely N-dealkylation sites (tertiary alicyclic amines) is 1. The number of carbonyl (C=O) groups excluding carboxylic acids is 3. The number of aliphatic hydroxyl groups is 1. The number of carboxylic acids is 1. The lowest BCUT2D eigenvalue weighted by Crippen LogP contribution is -2.57. The third-order valence-electron chi connectivity index (χ3n) is 6.26. The van der Waals surface area contributed by atoms with E-state index < -0.39 is 54.5 Å². The number of phenolic OH excluding ortho intramolecular Hbond substituents is 1. The molecule has 1 heterocycles. The molecule has 1 aliphatic rings. The van der Waals surface area contributed by atoms with Crippen molar-refractivity contribution in [2.45, 2.75) is 49.9 Å². The molecule has 2 aromatic rings. The van der Waals surface area contributed by atoms with Crippen molar-refractivity contribution in [3.63, 3.8) is 0 Å². The number of nitrogens with zero attached hydrogens (tertiary/aromatic N) is 1. The van der Waals surface area contributed by atoms with Crippen molar-refractivity contribution in [3.05, 3.63) is 65.7 Å². The lowest BCUT2D eigenvalue weighted by atomic mass is 10.0. The van der Waals surface area contributed by atoms with Gasteiger partial charge < -0.3 is 36.6 Å². The second-order valence-corrected chi connectivity index (χ2v) is 9.00. The van der Waals surface area contributed by atoms with Crippen molar-refractivity contribution in [2.75, 3.05) is 13.2 Å². The van der Waals surface area contributed by atoms with Crippen molar-refractivity contribution in [2.24, 2.45) is 5.73 Å². The summed E-state index contributed by atoms with van der Waals surface area (Å²) in [5.74, 6) is -3.01. The lowest BCUT2D eigenvalue weighted by Gasteiger charge is -2.30. The van der Waals surface area contributed by atoms with Crippen LogP contribution < -0.4 is 16.4 Å². The number of carbonyl (C=O) groups is 4. The summed E-state index contributed by atoms with van der Waals surface area (Å²) in [4.78, 5) is 51.9. The molecule has 37 heavy (non-hydrogen) atoms. The third-order valence-corrected chi connectivity index (χ3v) is 6.26. The molecule has 2 aromatic carbocycles. The van der Waals surface area contributed by atoms with E-state index >= 15 is 0 Å². The Bertz CT molecular complexity index is 1090. The van der Waals surface area contributed by atoms with Crippen molar-refractivity contribution in [1.82, 2.24) is 15.5 Å². The van der Waals surface area contributed by atoms with E-state index in [1.54, 1.807) is 12.1 Å². The van der Waals surface area contributed by atoms with Gasteiger partial charge in [-0.05, 0) is 42.5 Å². The van der Waals surface area contributed by atoms with Crippen LogP contribution >= 0.6 is 0 Å². The van der Waals surface area contributed by atoms with Gasteiger partial charge in [0.25, 0.3) is 0 Å². The Balaban J connectivity index is 1.75. The first-order valence-corrected chi connectivity index (χ1v) is 12.0. The fraction of sp³-hybridized carbons (Fsp3) is 0.385. The van der Waals surface area contributed by atoms with Crippen LogP contribution in [0.4, 0.5) is 0 Å². The highest BCUT2D eigenvalue weighted by molar-refractivity contribution is 5.94. The summed E-state index contributed by atoms with van der Waals surface area (Å²) in [5, 5.41) is 32.8. The Morgan fingerprint density at radius 1 is 0.946 bits per heavy atom. The van der Waals surface area contributed by atoms with Crippen molar-refractivity contribution >= 4 is 23.7 Å². The summed E-state index contributed by atoms with van der Waals surface area (Å²) in [7, 11) is 0. The molecule has 3 amide bonds. The number of phenols is 1. The number of aliphatic hydroxyl groups excluding tert-OH is 1. The summed E-state index contributed by atoms with van der Waals surface area (Å²) < 4.78 is 0. The third kappa shape index (κ3) is 7.51. The maximum atomic E-state index is 13.6. The maximum absolute atomic E-state index is 13.6. The van der Waals surface area contributed by atoms with Gasteiger partial charge in [0.15, 0.2) is 0 Å². The molecule has 7 N–H and O–H groups in total. The Kier molecular flexibility index (Phi) is 9.58. The first kappa shape index (κ1) is 27.6. The Morgan fingerprint density at radius 3 is 2.22 bits per heavy atom. The summed E-state index contributed by atoms with van der Waals surface area (Å²) in [5.41, 5.74) is 7.64. The topological polar surface area (TPSA) is 182 Å². The number of amides is 3. The van der Waals surface area contributed by atoms with Crippen LogP contribution in [0, 0.1) is 0 Å². The molecule has 4 atom stereocenters. The molecule has 0 bridgehead atoms. The van der Waals surface area contributed by atoms with Crippen LogP contribution in [0.25, 0.3) is 0 Å². The molecule has 198 valence electrons. The Hall–Kier alpha value is -3.96. The number of carboxylic acid groups (broad SMARTS) is 1. The van der Waals surface area contributed by atoms with E-state index in [-0.39, 0.29) is 25.1 Å². The van der Waals surface area contributed by atoms with Gasteiger partial charge in [0.05, 0.1) is 12.6 Å². The van der Waals surface area contributed by atoms with Crippen LogP contribution in [0.2, 0.25) is 0 Å². The fourth-order valence-corrected chi connectivity index (χ4v) is 4.26. The van der Waals surface area contributed by atoms with Gasteiger partial charge in [0.1, 0.15) is 23.9 Å². The van der Waals surface area contributed by atoms with Gasteiger partial charge in [-0.1, -0.05) is 42.5 Å². The summed E-state index contributed by atoms with van der Waals surface area (Å²) in [6.45, 7) is -0.526.